The molecule has 0 aliphatic carbocycles. The monoisotopic (exact) mass is 524 g/mol. The molecule has 0 aromatic heterocycles. The molecule has 0 spiro atoms. The first-order valence-corrected chi connectivity index (χ1v) is 12.0. The molecule has 1 fully saturated rings. The van der Waals surface area contributed by atoms with Crippen molar-refractivity contribution in [2.75, 3.05) is 13.7 Å². The lowest BCUT2D eigenvalue weighted by atomic mass is 10.0. The van der Waals surface area contributed by atoms with E-state index in [2.05, 4.69) is 0 Å². The Hall–Kier alpha value is -3.72. The molecule has 1 heterocycles. The quantitative estimate of drug-likeness (QED) is 0.245. The molecule has 4 rings (SSSR count). The van der Waals surface area contributed by atoms with Crippen molar-refractivity contribution >= 4 is 29.5 Å². The van der Waals surface area contributed by atoms with Gasteiger partial charge in [-0.1, -0.05) is 54.6 Å². The van der Waals surface area contributed by atoms with E-state index in [1.807, 2.05) is 0 Å². The SMILES string of the molecule is CO[C@H]1O[C@@H](COC(=O)c2ccccc2)[C@@H](Cl)[C@H](OC(=O)c2ccccc2)[C@@H]1OC(=O)c1ccccc1. The maximum atomic E-state index is 12.9. The summed E-state index contributed by atoms with van der Waals surface area (Å²) in [5, 5.41) is -1.05. The van der Waals surface area contributed by atoms with E-state index in [4.69, 9.17) is 35.3 Å². The summed E-state index contributed by atoms with van der Waals surface area (Å²) in [5.41, 5.74) is 0.928. The molecule has 0 N–H and O–H groups in total. The van der Waals surface area contributed by atoms with Crippen molar-refractivity contribution in [2.24, 2.45) is 0 Å². The van der Waals surface area contributed by atoms with Gasteiger partial charge in [-0.2, -0.15) is 0 Å². The van der Waals surface area contributed by atoms with Crippen LogP contribution in [0.2, 0.25) is 0 Å². The fraction of sp³-hybridized carbons (Fsp3) is 0.250. The Morgan fingerprint density at radius 3 is 1.59 bits per heavy atom. The summed E-state index contributed by atoms with van der Waals surface area (Å²) in [5.74, 6) is -1.92. The highest BCUT2D eigenvalue weighted by Crippen LogP contribution is 2.31. The zero-order valence-corrected chi connectivity index (χ0v) is 20.7. The van der Waals surface area contributed by atoms with Gasteiger partial charge in [0.25, 0.3) is 0 Å². The Kier molecular flexibility index (Phi) is 8.90. The normalized spacial score (nSPS) is 23.0. The average Bonchev–Trinajstić information content (AvgIpc) is 2.95. The zero-order chi connectivity index (χ0) is 26.2. The summed E-state index contributed by atoms with van der Waals surface area (Å²) in [6.45, 7) is -0.250. The van der Waals surface area contributed by atoms with Gasteiger partial charge in [0.05, 0.1) is 16.7 Å². The highest BCUT2D eigenvalue weighted by Gasteiger charge is 2.50. The summed E-state index contributed by atoms with van der Waals surface area (Å²) < 4.78 is 28.2. The molecule has 0 bridgehead atoms. The van der Waals surface area contributed by atoms with Crippen molar-refractivity contribution in [3.05, 3.63) is 108 Å². The summed E-state index contributed by atoms with van der Waals surface area (Å²) in [4.78, 5) is 38.2. The summed E-state index contributed by atoms with van der Waals surface area (Å²) in [6, 6.07) is 25.1. The van der Waals surface area contributed by atoms with Gasteiger partial charge in [-0.25, -0.2) is 14.4 Å². The fourth-order valence-corrected chi connectivity index (χ4v) is 4.12. The number of carbonyl (C=O) groups excluding carboxylic acids is 3. The van der Waals surface area contributed by atoms with E-state index in [9.17, 15) is 14.4 Å². The van der Waals surface area contributed by atoms with Crippen molar-refractivity contribution in [3.8, 4) is 0 Å². The molecule has 0 saturated carbocycles. The number of alkyl halides is 1. The van der Waals surface area contributed by atoms with Gasteiger partial charge >= 0.3 is 17.9 Å². The Morgan fingerprint density at radius 1 is 0.703 bits per heavy atom. The number of rotatable bonds is 8. The number of carbonyl (C=O) groups is 3. The van der Waals surface area contributed by atoms with Gasteiger partial charge in [0.15, 0.2) is 18.5 Å². The maximum absolute atomic E-state index is 12.9. The van der Waals surface area contributed by atoms with Crippen LogP contribution < -0.4 is 0 Å². The predicted octanol–water partition coefficient (Wildman–Crippen LogP) is 4.27. The van der Waals surface area contributed by atoms with Gasteiger partial charge in [-0.15, -0.1) is 11.6 Å². The molecule has 9 heteroatoms. The lowest BCUT2D eigenvalue weighted by Gasteiger charge is -2.42. The van der Waals surface area contributed by atoms with E-state index in [0.29, 0.717) is 5.56 Å². The standard InChI is InChI=1S/C28H25ClO8/c1-33-28-24(37-27(32)20-15-9-4-10-16-20)23(36-26(31)19-13-7-3-8-14-19)22(29)21(35-28)17-34-25(30)18-11-5-2-6-12-18/h2-16,21-24,28H,17H2,1H3/t21-,22+,23-,24-,28-/m0/s1. The van der Waals surface area contributed by atoms with Crippen LogP contribution in [0.25, 0.3) is 0 Å². The van der Waals surface area contributed by atoms with Crippen LogP contribution in [-0.4, -0.2) is 61.6 Å². The number of halogens is 1. The predicted molar refractivity (Wildman–Crippen MR) is 133 cm³/mol. The first-order chi connectivity index (χ1) is 18.0. The van der Waals surface area contributed by atoms with Crippen LogP contribution in [0, 0.1) is 0 Å². The van der Waals surface area contributed by atoms with Gasteiger partial charge < -0.3 is 23.7 Å². The second-order valence-corrected chi connectivity index (χ2v) is 8.66. The summed E-state index contributed by atoms with van der Waals surface area (Å²) in [6.07, 6.45) is -4.47. The fourth-order valence-electron chi connectivity index (χ4n) is 3.80. The lowest BCUT2D eigenvalue weighted by Crippen LogP contribution is -2.60. The van der Waals surface area contributed by atoms with E-state index in [1.54, 1.807) is 91.0 Å². The first kappa shape index (κ1) is 26.3. The molecular formula is C28H25ClO8. The van der Waals surface area contributed by atoms with Crippen molar-refractivity contribution in [2.45, 2.75) is 30.0 Å². The van der Waals surface area contributed by atoms with Gasteiger partial charge in [0.1, 0.15) is 18.1 Å². The third-order valence-electron chi connectivity index (χ3n) is 5.70. The van der Waals surface area contributed by atoms with Crippen LogP contribution in [0.3, 0.4) is 0 Å². The Morgan fingerprint density at radius 2 is 1.14 bits per heavy atom. The van der Waals surface area contributed by atoms with Gasteiger partial charge in [0, 0.05) is 7.11 Å². The molecule has 1 saturated heterocycles. The molecule has 1 aliphatic heterocycles. The van der Waals surface area contributed by atoms with Crippen molar-refractivity contribution < 1.29 is 38.1 Å². The van der Waals surface area contributed by atoms with E-state index in [1.165, 1.54) is 7.11 Å². The molecule has 37 heavy (non-hydrogen) atoms. The second kappa shape index (κ2) is 12.5. The van der Waals surface area contributed by atoms with Crippen LogP contribution in [0.5, 0.6) is 0 Å². The number of ether oxygens (including phenoxy) is 5. The number of hydrogen-bond donors (Lipinski definition) is 0. The number of esters is 3. The molecule has 1 aliphatic rings. The molecular weight excluding hydrogens is 500 g/mol. The number of hydrogen-bond acceptors (Lipinski definition) is 8. The molecule has 8 nitrogen and oxygen atoms in total. The summed E-state index contributed by atoms with van der Waals surface area (Å²) in [7, 11) is 1.35. The third-order valence-corrected chi connectivity index (χ3v) is 6.23. The van der Waals surface area contributed by atoms with Crippen LogP contribution in [0.15, 0.2) is 91.0 Å². The smallest absolute Gasteiger partial charge is 0.338 e. The van der Waals surface area contributed by atoms with E-state index in [-0.39, 0.29) is 17.7 Å². The first-order valence-electron chi connectivity index (χ1n) is 11.5. The van der Waals surface area contributed by atoms with Crippen LogP contribution in [0.1, 0.15) is 31.1 Å². The topological polar surface area (TPSA) is 97.4 Å². The Labute approximate surface area is 219 Å². The Balaban J connectivity index is 1.55. The van der Waals surface area contributed by atoms with Crippen molar-refractivity contribution in [1.82, 2.24) is 0 Å². The Bertz CT molecular complexity index is 1190. The largest absolute Gasteiger partial charge is 0.459 e. The molecule has 0 radical (unpaired) electrons. The average molecular weight is 525 g/mol. The summed E-state index contributed by atoms with van der Waals surface area (Å²) >= 11 is 6.72. The van der Waals surface area contributed by atoms with E-state index < -0.39 is 47.9 Å². The minimum atomic E-state index is -1.20. The third kappa shape index (κ3) is 6.54. The van der Waals surface area contributed by atoms with Crippen LogP contribution in [0.4, 0.5) is 0 Å². The molecule has 3 aromatic rings. The van der Waals surface area contributed by atoms with Gasteiger partial charge in [-0.3, -0.25) is 0 Å². The highest BCUT2D eigenvalue weighted by atomic mass is 35.5. The minimum absolute atomic E-state index is 0.250. The molecule has 0 amide bonds. The maximum Gasteiger partial charge on any atom is 0.338 e. The molecule has 5 atom stereocenters. The van der Waals surface area contributed by atoms with Gasteiger partial charge in [-0.05, 0) is 36.4 Å². The van der Waals surface area contributed by atoms with Crippen LogP contribution in [-0.2, 0) is 23.7 Å². The van der Waals surface area contributed by atoms with Crippen molar-refractivity contribution in [3.63, 3.8) is 0 Å². The number of benzene rings is 3. The molecule has 192 valence electrons. The molecule has 0 unspecified atom stereocenters. The zero-order valence-electron chi connectivity index (χ0n) is 19.9. The van der Waals surface area contributed by atoms with E-state index in [0.717, 1.165) is 0 Å². The van der Waals surface area contributed by atoms with Crippen LogP contribution >= 0.6 is 11.6 Å². The van der Waals surface area contributed by atoms with E-state index >= 15 is 0 Å². The molecule has 3 aromatic carbocycles. The van der Waals surface area contributed by atoms with Gasteiger partial charge in [0.2, 0.25) is 0 Å². The second-order valence-electron chi connectivity index (χ2n) is 8.16. The highest BCUT2D eigenvalue weighted by molar-refractivity contribution is 6.21. The van der Waals surface area contributed by atoms with Crippen molar-refractivity contribution in [1.29, 1.82) is 0 Å². The lowest BCUT2D eigenvalue weighted by molar-refractivity contribution is -0.259. The minimum Gasteiger partial charge on any atom is -0.459 e. The number of methoxy groups -OCH3 is 1.